The molecule has 0 spiro atoms. The Morgan fingerprint density at radius 1 is 1.37 bits per heavy atom. The van der Waals surface area contributed by atoms with E-state index in [1.165, 1.54) is 16.9 Å². The molecule has 1 N–H and O–H groups in total. The number of aryl methyl sites for hydroxylation is 1. The molecule has 0 saturated heterocycles. The molecule has 2 aromatic rings. The quantitative estimate of drug-likeness (QED) is 0.764. The van der Waals surface area contributed by atoms with Crippen LogP contribution < -0.4 is 5.32 Å². The van der Waals surface area contributed by atoms with Crippen molar-refractivity contribution in [3.8, 4) is 0 Å². The number of halogens is 1. The maximum absolute atomic E-state index is 13.7. The zero-order chi connectivity index (χ0) is 20.9. The summed E-state index contributed by atoms with van der Waals surface area (Å²) in [5.41, 5.74) is 3.73. The van der Waals surface area contributed by atoms with Gasteiger partial charge in [0.15, 0.2) is 0 Å². The van der Waals surface area contributed by atoms with Crippen molar-refractivity contribution < 1.29 is 14.0 Å². The van der Waals surface area contributed by atoms with Crippen LogP contribution in [-0.4, -0.2) is 21.9 Å². The molecule has 0 radical (unpaired) electrons. The van der Waals surface area contributed by atoms with E-state index < -0.39 is 0 Å². The number of anilines is 1. The molecule has 2 saturated carbocycles. The third-order valence-electron chi connectivity index (χ3n) is 7.88. The topological polar surface area (TPSA) is 72.0 Å². The van der Waals surface area contributed by atoms with E-state index in [2.05, 4.69) is 22.4 Å². The fraction of sp³-hybridized carbons (Fsp3) is 0.565. The Kier molecular flexibility index (Phi) is 4.96. The molecule has 0 bridgehead atoms. The highest BCUT2D eigenvalue weighted by atomic mass is 32.1. The first kappa shape index (κ1) is 19.8. The Labute approximate surface area is 179 Å². The number of aromatic nitrogens is 2. The van der Waals surface area contributed by atoms with Gasteiger partial charge in [0.2, 0.25) is 11.0 Å². The summed E-state index contributed by atoms with van der Waals surface area (Å²) in [6.45, 7) is 2.15. The summed E-state index contributed by atoms with van der Waals surface area (Å²) in [6, 6.07) is 5.23. The van der Waals surface area contributed by atoms with Crippen LogP contribution in [-0.2, 0) is 16.0 Å². The number of nitrogens with zero attached hydrogens (tertiary/aromatic N) is 2. The van der Waals surface area contributed by atoms with Crippen molar-refractivity contribution in [2.75, 3.05) is 5.32 Å². The second-order valence-electron chi connectivity index (χ2n) is 9.35. The highest BCUT2D eigenvalue weighted by Gasteiger charge is 2.58. The normalized spacial score (nSPS) is 32.3. The maximum atomic E-state index is 13.7. The zero-order valence-corrected chi connectivity index (χ0v) is 17.9. The number of ketones is 1. The molecular weight excluding hydrogens is 401 g/mol. The maximum Gasteiger partial charge on any atom is 0.226 e. The summed E-state index contributed by atoms with van der Waals surface area (Å²) in [7, 11) is 0. The number of carbonyl (C=O) groups is 2. The lowest BCUT2D eigenvalue weighted by Gasteiger charge is -2.50. The lowest BCUT2D eigenvalue weighted by Crippen LogP contribution is -2.44. The number of rotatable bonds is 4. The van der Waals surface area contributed by atoms with E-state index in [1.54, 1.807) is 17.6 Å². The van der Waals surface area contributed by atoms with Crippen LogP contribution in [0.4, 0.5) is 9.52 Å². The number of carbonyl (C=O) groups excluding carboxylic acids is 2. The van der Waals surface area contributed by atoms with Gasteiger partial charge >= 0.3 is 0 Å². The molecule has 3 aliphatic rings. The number of amides is 1. The summed E-state index contributed by atoms with van der Waals surface area (Å²) >= 11 is 1.30. The van der Waals surface area contributed by atoms with Gasteiger partial charge in [-0.05, 0) is 79.0 Å². The van der Waals surface area contributed by atoms with Crippen molar-refractivity contribution in [2.24, 2.45) is 23.2 Å². The van der Waals surface area contributed by atoms with Gasteiger partial charge in [0.05, 0.1) is 0 Å². The molecule has 0 aliphatic heterocycles. The van der Waals surface area contributed by atoms with Crippen molar-refractivity contribution in [2.45, 2.75) is 57.8 Å². The summed E-state index contributed by atoms with van der Waals surface area (Å²) in [6.07, 6.45) is 5.45. The largest absolute Gasteiger partial charge is 0.301 e. The first-order valence-electron chi connectivity index (χ1n) is 10.8. The predicted molar refractivity (Wildman–Crippen MR) is 113 cm³/mol. The van der Waals surface area contributed by atoms with Gasteiger partial charge in [-0.1, -0.05) is 24.3 Å². The zero-order valence-electron chi connectivity index (χ0n) is 17.1. The lowest BCUT2D eigenvalue weighted by atomic mass is 9.54. The van der Waals surface area contributed by atoms with E-state index in [0.717, 1.165) is 37.7 Å². The Hall–Kier alpha value is -2.15. The molecule has 1 aromatic heterocycles. The van der Waals surface area contributed by atoms with E-state index in [-0.39, 0.29) is 23.1 Å². The van der Waals surface area contributed by atoms with Gasteiger partial charge in [-0.25, -0.2) is 4.39 Å². The minimum absolute atomic E-state index is 0.0652. The van der Waals surface area contributed by atoms with Gasteiger partial charge in [-0.3, -0.25) is 9.59 Å². The van der Waals surface area contributed by atoms with Crippen molar-refractivity contribution in [1.29, 1.82) is 0 Å². The van der Waals surface area contributed by atoms with Crippen molar-refractivity contribution in [3.63, 3.8) is 0 Å². The van der Waals surface area contributed by atoms with Gasteiger partial charge in [0.25, 0.3) is 0 Å². The summed E-state index contributed by atoms with van der Waals surface area (Å²) in [5, 5.41) is 10.9. The average molecular weight is 428 g/mol. The predicted octanol–water partition coefficient (Wildman–Crippen LogP) is 4.75. The number of fused-ring (bicyclic) bond motifs is 5. The number of hydrogen-bond acceptors (Lipinski definition) is 5. The smallest absolute Gasteiger partial charge is 0.226 e. The number of hydrogen-bond donors (Lipinski definition) is 1. The minimum atomic E-state index is -0.279. The van der Waals surface area contributed by atoms with E-state index in [9.17, 15) is 14.0 Å². The number of Topliss-reactive ketones (excluding diaryl/α,β-unsaturated/α-hetero) is 1. The van der Waals surface area contributed by atoms with Crippen LogP contribution in [0.1, 0.15) is 62.5 Å². The standard InChI is InChI=1S/C23H26FN3O2S/c1-23-9-8-17-16-6-4-15(24)10-13(16)2-5-18(17)21(23)14(11-19(23)28)3-7-20(29)26-22-27-25-12-30-22/h4,6,10,12,14,17-18,21H,2-3,5,7-9,11H2,1H3,(H,26,27,29)/t14-,17?,18?,21?,23-/m1/s1. The van der Waals surface area contributed by atoms with E-state index in [0.29, 0.717) is 41.5 Å². The molecule has 5 nitrogen and oxygen atoms in total. The monoisotopic (exact) mass is 427 g/mol. The first-order chi connectivity index (χ1) is 14.5. The molecular formula is C23H26FN3O2S. The molecule has 5 atom stereocenters. The van der Waals surface area contributed by atoms with Gasteiger partial charge in [0, 0.05) is 18.3 Å². The second kappa shape index (κ2) is 7.52. The molecule has 2 fully saturated rings. The fourth-order valence-electron chi connectivity index (χ4n) is 6.60. The van der Waals surface area contributed by atoms with Crippen molar-refractivity contribution in [3.05, 3.63) is 40.7 Å². The van der Waals surface area contributed by atoms with Crippen LogP contribution >= 0.6 is 11.3 Å². The van der Waals surface area contributed by atoms with Crippen LogP contribution in [0.3, 0.4) is 0 Å². The van der Waals surface area contributed by atoms with Crippen molar-refractivity contribution >= 4 is 28.2 Å². The molecule has 158 valence electrons. The number of nitrogens with one attached hydrogen (secondary N) is 1. The van der Waals surface area contributed by atoms with Crippen LogP contribution in [0.2, 0.25) is 0 Å². The van der Waals surface area contributed by atoms with E-state index in [4.69, 9.17) is 0 Å². The van der Waals surface area contributed by atoms with Crippen molar-refractivity contribution in [1.82, 2.24) is 10.2 Å². The fourth-order valence-corrected chi connectivity index (χ4v) is 7.06. The minimum Gasteiger partial charge on any atom is -0.301 e. The second-order valence-corrected chi connectivity index (χ2v) is 10.2. The van der Waals surface area contributed by atoms with E-state index in [1.807, 2.05) is 6.07 Å². The third-order valence-corrected chi connectivity index (χ3v) is 8.49. The highest BCUT2D eigenvalue weighted by molar-refractivity contribution is 7.13. The molecule has 5 rings (SSSR count). The molecule has 3 unspecified atom stereocenters. The molecule has 30 heavy (non-hydrogen) atoms. The molecule has 3 aliphatic carbocycles. The molecule has 1 aromatic carbocycles. The molecule has 1 heterocycles. The third kappa shape index (κ3) is 3.27. The van der Waals surface area contributed by atoms with Gasteiger partial charge in [0.1, 0.15) is 17.1 Å². The summed E-state index contributed by atoms with van der Waals surface area (Å²) < 4.78 is 13.7. The SMILES string of the molecule is C[C@]12CCC3c4ccc(F)cc4CCC3C1[C@H](CCC(=O)Nc1nncs1)CC2=O. The van der Waals surface area contributed by atoms with Crippen LogP contribution in [0.15, 0.2) is 23.7 Å². The Morgan fingerprint density at radius 2 is 2.23 bits per heavy atom. The van der Waals surface area contributed by atoms with E-state index >= 15 is 0 Å². The van der Waals surface area contributed by atoms with Gasteiger partial charge < -0.3 is 5.32 Å². The van der Waals surface area contributed by atoms with Crippen LogP contribution in [0.25, 0.3) is 0 Å². The Morgan fingerprint density at radius 3 is 3.03 bits per heavy atom. The average Bonchev–Trinajstić information content (AvgIpc) is 3.32. The highest BCUT2D eigenvalue weighted by Crippen LogP contribution is 2.62. The van der Waals surface area contributed by atoms with Crippen LogP contribution in [0.5, 0.6) is 0 Å². The molecule has 1 amide bonds. The number of benzene rings is 1. The van der Waals surface area contributed by atoms with Gasteiger partial charge in [-0.2, -0.15) is 0 Å². The Bertz CT molecular complexity index is 979. The molecule has 7 heteroatoms. The van der Waals surface area contributed by atoms with Gasteiger partial charge in [-0.15, -0.1) is 10.2 Å². The summed E-state index contributed by atoms with van der Waals surface area (Å²) in [4.78, 5) is 25.4. The van der Waals surface area contributed by atoms with Crippen LogP contribution in [0, 0.1) is 29.0 Å². The summed E-state index contributed by atoms with van der Waals surface area (Å²) in [5.74, 6) is 1.51. The first-order valence-corrected chi connectivity index (χ1v) is 11.7. The lowest BCUT2D eigenvalue weighted by molar-refractivity contribution is -0.129. The Balaban J connectivity index is 1.35.